The van der Waals surface area contributed by atoms with Crippen molar-refractivity contribution in [3.8, 4) is 0 Å². The van der Waals surface area contributed by atoms with Crippen molar-refractivity contribution in [2.24, 2.45) is 0 Å². The predicted octanol–water partition coefficient (Wildman–Crippen LogP) is 2.05. The first-order chi connectivity index (χ1) is 12.7. The van der Waals surface area contributed by atoms with E-state index in [9.17, 15) is 9.18 Å². The maximum Gasteiger partial charge on any atom is 0.272 e. The van der Waals surface area contributed by atoms with E-state index in [0.29, 0.717) is 18.2 Å². The summed E-state index contributed by atoms with van der Waals surface area (Å²) in [6.07, 6.45) is 2.32. The quantitative estimate of drug-likeness (QED) is 0.857. The normalized spacial score (nSPS) is 15.1. The molecule has 1 amide bonds. The van der Waals surface area contributed by atoms with E-state index < -0.39 is 0 Å². The third-order valence-corrected chi connectivity index (χ3v) is 4.59. The number of rotatable bonds is 6. The van der Waals surface area contributed by atoms with Gasteiger partial charge in [0.1, 0.15) is 11.5 Å². The van der Waals surface area contributed by atoms with Gasteiger partial charge in [-0.25, -0.2) is 14.4 Å². The molecule has 0 aliphatic carbocycles. The summed E-state index contributed by atoms with van der Waals surface area (Å²) in [6.45, 7) is 7.00. The number of amides is 1. The maximum absolute atomic E-state index is 12.9. The van der Waals surface area contributed by atoms with Crippen molar-refractivity contribution < 1.29 is 9.18 Å². The van der Waals surface area contributed by atoms with Gasteiger partial charge in [0.15, 0.2) is 0 Å². The van der Waals surface area contributed by atoms with Gasteiger partial charge in [-0.2, -0.15) is 0 Å². The van der Waals surface area contributed by atoms with Gasteiger partial charge in [-0.05, 0) is 36.7 Å². The van der Waals surface area contributed by atoms with Crippen molar-refractivity contribution in [3.05, 3.63) is 53.6 Å². The Kier molecular flexibility index (Phi) is 6.12. The standard InChI is InChI=1S/C19H24FN5O/c1-2-24-11-13-25(14-12-24)18(26)17-8-10-22-19(23-17)21-9-7-15-3-5-16(20)6-4-15/h3-6,8,10H,2,7,9,11-14H2,1H3,(H,21,22,23). The zero-order chi connectivity index (χ0) is 18.4. The summed E-state index contributed by atoms with van der Waals surface area (Å²) in [5.74, 6) is 0.144. The molecule has 26 heavy (non-hydrogen) atoms. The maximum atomic E-state index is 12.9. The van der Waals surface area contributed by atoms with Crippen LogP contribution in [-0.2, 0) is 6.42 Å². The molecule has 1 aliphatic heterocycles. The van der Waals surface area contributed by atoms with E-state index in [1.807, 2.05) is 4.90 Å². The average Bonchev–Trinajstić information content (AvgIpc) is 2.69. The highest BCUT2D eigenvalue weighted by atomic mass is 19.1. The van der Waals surface area contributed by atoms with E-state index >= 15 is 0 Å². The molecular weight excluding hydrogens is 333 g/mol. The zero-order valence-corrected chi connectivity index (χ0v) is 15.0. The number of halogens is 1. The molecule has 0 radical (unpaired) electrons. The summed E-state index contributed by atoms with van der Waals surface area (Å²) in [5.41, 5.74) is 1.44. The first kappa shape index (κ1) is 18.3. The predicted molar refractivity (Wildman–Crippen MR) is 98.6 cm³/mol. The van der Waals surface area contributed by atoms with Gasteiger partial charge in [0, 0.05) is 38.9 Å². The molecule has 1 N–H and O–H groups in total. The van der Waals surface area contributed by atoms with Crippen molar-refractivity contribution >= 4 is 11.9 Å². The second kappa shape index (κ2) is 8.71. The van der Waals surface area contributed by atoms with Gasteiger partial charge in [0.05, 0.1) is 0 Å². The minimum atomic E-state index is -0.240. The first-order valence-electron chi connectivity index (χ1n) is 8.98. The van der Waals surface area contributed by atoms with Crippen LogP contribution in [0.4, 0.5) is 10.3 Å². The van der Waals surface area contributed by atoms with Crippen LogP contribution in [0.2, 0.25) is 0 Å². The number of piperazine rings is 1. The van der Waals surface area contributed by atoms with Crippen LogP contribution in [0.25, 0.3) is 0 Å². The molecule has 1 aromatic carbocycles. The van der Waals surface area contributed by atoms with E-state index in [0.717, 1.165) is 44.7 Å². The van der Waals surface area contributed by atoms with Crippen LogP contribution >= 0.6 is 0 Å². The lowest BCUT2D eigenvalue weighted by molar-refractivity contribution is 0.0637. The summed E-state index contributed by atoms with van der Waals surface area (Å²) in [6, 6.07) is 8.06. The highest BCUT2D eigenvalue weighted by Crippen LogP contribution is 2.09. The fourth-order valence-electron chi connectivity index (χ4n) is 2.96. The van der Waals surface area contributed by atoms with E-state index in [2.05, 4.69) is 27.1 Å². The second-order valence-electron chi connectivity index (χ2n) is 6.30. The lowest BCUT2D eigenvalue weighted by atomic mass is 10.1. The number of carbonyl (C=O) groups is 1. The number of benzene rings is 1. The van der Waals surface area contributed by atoms with Crippen molar-refractivity contribution in [1.82, 2.24) is 19.8 Å². The molecule has 6 nitrogen and oxygen atoms in total. The highest BCUT2D eigenvalue weighted by Gasteiger charge is 2.22. The molecular formula is C19H24FN5O. The number of aromatic nitrogens is 2. The van der Waals surface area contributed by atoms with Crippen LogP contribution in [0.1, 0.15) is 23.0 Å². The summed E-state index contributed by atoms with van der Waals surface area (Å²) >= 11 is 0. The third kappa shape index (κ3) is 4.76. The molecule has 7 heteroatoms. The molecule has 1 aromatic heterocycles. The van der Waals surface area contributed by atoms with Crippen molar-refractivity contribution in [2.75, 3.05) is 44.6 Å². The van der Waals surface area contributed by atoms with Gasteiger partial charge in [0.2, 0.25) is 5.95 Å². The minimum Gasteiger partial charge on any atom is -0.354 e. The SMILES string of the molecule is CCN1CCN(C(=O)c2ccnc(NCCc3ccc(F)cc3)n2)CC1. The van der Waals surface area contributed by atoms with Gasteiger partial charge < -0.3 is 15.1 Å². The van der Waals surface area contributed by atoms with Crippen molar-refractivity contribution in [3.63, 3.8) is 0 Å². The van der Waals surface area contributed by atoms with Crippen molar-refractivity contribution in [2.45, 2.75) is 13.3 Å². The molecule has 2 heterocycles. The fraction of sp³-hybridized carbons (Fsp3) is 0.421. The van der Waals surface area contributed by atoms with Gasteiger partial charge >= 0.3 is 0 Å². The van der Waals surface area contributed by atoms with Crippen molar-refractivity contribution in [1.29, 1.82) is 0 Å². The second-order valence-corrected chi connectivity index (χ2v) is 6.30. The Bertz CT molecular complexity index is 729. The molecule has 138 valence electrons. The van der Waals surface area contributed by atoms with Crippen LogP contribution in [0, 0.1) is 5.82 Å². The number of likely N-dealkylation sites (N-methyl/N-ethyl adjacent to an activating group) is 1. The molecule has 0 bridgehead atoms. The van der Waals surface area contributed by atoms with Gasteiger partial charge in [-0.15, -0.1) is 0 Å². The molecule has 1 fully saturated rings. The number of nitrogens with one attached hydrogen (secondary N) is 1. The van der Waals surface area contributed by atoms with Gasteiger partial charge in [-0.3, -0.25) is 4.79 Å². The Morgan fingerprint density at radius 3 is 2.58 bits per heavy atom. The Morgan fingerprint density at radius 1 is 1.15 bits per heavy atom. The number of anilines is 1. The van der Waals surface area contributed by atoms with E-state index in [1.54, 1.807) is 24.4 Å². The smallest absolute Gasteiger partial charge is 0.272 e. The molecule has 0 unspecified atom stereocenters. The lowest BCUT2D eigenvalue weighted by Gasteiger charge is -2.33. The van der Waals surface area contributed by atoms with Crippen LogP contribution < -0.4 is 5.32 Å². The number of nitrogens with zero attached hydrogens (tertiary/aromatic N) is 4. The Hall–Kier alpha value is -2.54. The van der Waals surface area contributed by atoms with E-state index in [1.165, 1.54) is 12.1 Å². The van der Waals surface area contributed by atoms with Crippen LogP contribution in [-0.4, -0.2) is 64.9 Å². The molecule has 0 spiro atoms. The topological polar surface area (TPSA) is 61.4 Å². The Morgan fingerprint density at radius 2 is 1.88 bits per heavy atom. The number of hydrogen-bond acceptors (Lipinski definition) is 5. The van der Waals surface area contributed by atoms with E-state index in [4.69, 9.17) is 0 Å². The van der Waals surface area contributed by atoms with Crippen LogP contribution in [0.5, 0.6) is 0 Å². The van der Waals surface area contributed by atoms with Crippen LogP contribution in [0.3, 0.4) is 0 Å². The zero-order valence-electron chi connectivity index (χ0n) is 15.0. The Balaban J connectivity index is 1.54. The average molecular weight is 357 g/mol. The summed E-state index contributed by atoms with van der Waals surface area (Å²) in [4.78, 5) is 25.3. The summed E-state index contributed by atoms with van der Waals surface area (Å²) in [5, 5.41) is 3.13. The van der Waals surface area contributed by atoms with Crippen LogP contribution in [0.15, 0.2) is 36.5 Å². The summed E-state index contributed by atoms with van der Waals surface area (Å²) in [7, 11) is 0. The van der Waals surface area contributed by atoms with Gasteiger partial charge in [0.25, 0.3) is 5.91 Å². The highest BCUT2D eigenvalue weighted by molar-refractivity contribution is 5.92. The molecule has 0 saturated carbocycles. The molecule has 2 aromatic rings. The molecule has 0 atom stereocenters. The van der Waals surface area contributed by atoms with Gasteiger partial charge in [-0.1, -0.05) is 19.1 Å². The Labute approximate surface area is 153 Å². The molecule has 3 rings (SSSR count). The largest absolute Gasteiger partial charge is 0.354 e. The number of hydrogen-bond donors (Lipinski definition) is 1. The lowest BCUT2D eigenvalue weighted by Crippen LogP contribution is -2.48. The fourth-order valence-corrected chi connectivity index (χ4v) is 2.96. The monoisotopic (exact) mass is 357 g/mol. The molecule has 1 aliphatic rings. The first-order valence-corrected chi connectivity index (χ1v) is 8.98. The number of carbonyl (C=O) groups excluding carboxylic acids is 1. The minimum absolute atomic E-state index is 0.0512. The van der Waals surface area contributed by atoms with E-state index in [-0.39, 0.29) is 11.7 Å². The molecule has 1 saturated heterocycles. The third-order valence-electron chi connectivity index (χ3n) is 4.59. The summed E-state index contributed by atoms with van der Waals surface area (Å²) < 4.78 is 12.9.